The molecule has 35 heavy (non-hydrogen) atoms. The summed E-state index contributed by atoms with van der Waals surface area (Å²) in [5.74, 6) is -0.621. The number of nitrogens with one attached hydrogen (secondary N) is 1. The smallest absolute Gasteiger partial charge is 0.449 e. The van der Waals surface area contributed by atoms with Gasteiger partial charge in [0.1, 0.15) is 19.0 Å². The number of hydrogen-bond donors (Lipinski definition) is 2. The third-order valence-corrected chi connectivity index (χ3v) is 5.20. The Morgan fingerprint density at radius 1 is 1.20 bits per heavy atom. The van der Waals surface area contributed by atoms with Crippen molar-refractivity contribution >= 4 is 39.5 Å². The first-order valence-corrected chi connectivity index (χ1v) is 11.7. The van der Waals surface area contributed by atoms with Crippen molar-refractivity contribution in [1.82, 2.24) is 5.32 Å². The summed E-state index contributed by atoms with van der Waals surface area (Å²) < 4.78 is 49.3. The molecule has 0 bridgehead atoms. The number of carboxylic acid groups (broad SMARTS) is 1. The SMILES string of the molecule is COC(=O)COCCc1cc(COC(=O)Cl)ccc1OS(=O)(=O)OCC(C)(C)CCNC(=O)O.[Fm]. The third kappa shape index (κ3) is 13.6. The van der Waals surface area contributed by atoms with Crippen LogP contribution in [0.5, 0.6) is 5.75 Å². The van der Waals surface area contributed by atoms with Crippen LogP contribution in [0.25, 0.3) is 0 Å². The minimum absolute atomic E-state index is 0. The van der Waals surface area contributed by atoms with Crippen molar-refractivity contribution in [1.29, 1.82) is 0 Å². The second-order valence-electron chi connectivity index (χ2n) is 7.75. The van der Waals surface area contributed by atoms with Crippen LogP contribution in [0.15, 0.2) is 18.2 Å². The molecule has 0 aromatic heterocycles. The molecular formula is C20H28ClFmNO11S. The van der Waals surface area contributed by atoms with Gasteiger partial charge in [-0.3, -0.25) is 0 Å². The molecule has 0 aliphatic heterocycles. The first-order chi connectivity index (χ1) is 15.8. The Morgan fingerprint density at radius 2 is 1.89 bits per heavy atom. The van der Waals surface area contributed by atoms with Crippen molar-refractivity contribution in [3.05, 3.63) is 29.3 Å². The third-order valence-electron chi connectivity index (χ3n) is 4.30. The first kappa shape index (κ1) is 31.4. The van der Waals surface area contributed by atoms with Gasteiger partial charge in [0, 0.05) is 18.1 Å². The number of hydrogen-bond acceptors (Lipinski definition) is 10. The van der Waals surface area contributed by atoms with Crippen molar-refractivity contribution in [2.45, 2.75) is 33.3 Å². The zero-order chi connectivity index (χ0) is 25.8. The van der Waals surface area contributed by atoms with Gasteiger partial charge in [-0.2, -0.15) is 8.42 Å². The molecule has 12 nitrogen and oxygen atoms in total. The van der Waals surface area contributed by atoms with Gasteiger partial charge in [-0.05, 0) is 41.5 Å². The summed E-state index contributed by atoms with van der Waals surface area (Å²) >= 11 is 5.17. The second kappa shape index (κ2) is 14.6. The predicted octanol–water partition coefficient (Wildman–Crippen LogP) is 2.62. The average molecular weight is 783 g/mol. The van der Waals surface area contributed by atoms with E-state index in [1.165, 1.54) is 25.3 Å². The Morgan fingerprint density at radius 3 is 2.49 bits per heavy atom. The molecule has 1 amide bonds. The summed E-state index contributed by atoms with van der Waals surface area (Å²) in [7, 11) is -3.26. The van der Waals surface area contributed by atoms with Gasteiger partial charge in [-0.15, -0.1) is 0 Å². The quantitative estimate of drug-likeness (QED) is 0.153. The van der Waals surface area contributed by atoms with Gasteiger partial charge in [-0.25, -0.2) is 18.6 Å². The van der Waals surface area contributed by atoms with Crippen molar-refractivity contribution in [2.24, 2.45) is 5.41 Å². The van der Waals surface area contributed by atoms with Gasteiger partial charge in [0.2, 0.25) is 0 Å². The second-order valence-corrected chi connectivity index (χ2v) is 9.27. The van der Waals surface area contributed by atoms with E-state index < -0.39 is 33.3 Å². The molecule has 0 atom stereocenters. The maximum absolute atomic E-state index is 12.4. The molecule has 0 radical (unpaired) electrons. The Bertz CT molecular complexity index is 956. The summed E-state index contributed by atoms with van der Waals surface area (Å²) in [5, 5.41) is 10.8. The molecule has 0 heterocycles. The van der Waals surface area contributed by atoms with Crippen LogP contribution in [0.3, 0.4) is 0 Å². The fourth-order valence-electron chi connectivity index (χ4n) is 2.48. The van der Waals surface area contributed by atoms with E-state index in [-0.39, 0.29) is 45.1 Å². The molecule has 0 spiro atoms. The van der Waals surface area contributed by atoms with E-state index in [1.807, 2.05) is 0 Å². The van der Waals surface area contributed by atoms with Gasteiger partial charge in [0.15, 0.2) is 0 Å². The first-order valence-electron chi connectivity index (χ1n) is 9.98. The molecule has 0 aliphatic carbocycles. The molecule has 0 fully saturated rings. The Balaban J connectivity index is 0.0000116. The number of carbonyl (C=O) groups excluding carboxylic acids is 2. The molecule has 2 N–H and O–H groups in total. The predicted molar refractivity (Wildman–Crippen MR) is 119 cm³/mol. The number of rotatable bonds is 15. The van der Waals surface area contributed by atoms with Crippen LogP contribution in [-0.4, -0.2) is 64.5 Å². The largest absolute Gasteiger partial charge is 0.467 e. The molecule has 0 aliphatic rings. The molecule has 15 heteroatoms. The van der Waals surface area contributed by atoms with Gasteiger partial charge >= 0.3 is 27.9 Å². The average Bonchev–Trinajstić information content (AvgIpc) is 2.74. The van der Waals surface area contributed by atoms with Crippen LogP contribution in [0.1, 0.15) is 31.4 Å². The molecule has 1 rings (SSSR count). The summed E-state index contributed by atoms with van der Waals surface area (Å²) in [6, 6.07) is 4.37. The van der Waals surface area contributed by atoms with E-state index in [0.717, 1.165) is 0 Å². The molecule has 1 aromatic carbocycles. The zero-order valence-corrected chi connectivity index (χ0v) is 23.3. The standard InChI is InChI=1S/C20H28ClNO11S.Fm/c1-20(2,7-8-22-19(25)26)13-32-34(27,28)33-16-5-4-14(11-31-18(21)24)10-15(16)6-9-30-12-17(23)29-3;/h4-5,10,22H,6-9,11-13H2,1-3H3,(H,25,26);. The van der Waals surface area contributed by atoms with Crippen molar-refractivity contribution in [2.75, 3.05) is 33.5 Å². The van der Waals surface area contributed by atoms with Crippen LogP contribution in [0.4, 0.5) is 9.59 Å². The number of methoxy groups -OCH3 is 1. The topological polar surface area (TPSA) is 164 Å². The monoisotopic (exact) mass is 782 g/mol. The summed E-state index contributed by atoms with van der Waals surface area (Å²) in [4.78, 5) is 32.6. The summed E-state index contributed by atoms with van der Waals surface area (Å²) in [6.45, 7) is 2.89. The van der Waals surface area contributed by atoms with E-state index in [2.05, 4.69) is 10.1 Å². The molecule has 0 unspecified atom stereocenters. The maximum atomic E-state index is 12.4. The number of amides is 1. The Hall–Kier alpha value is -3.61. The number of halogens is 1. The maximum Gasteiger partial charge on any atom is 0.449 e. The minimum atomic E-state index is -4.48. The molecule has 0 saturated heterocycles. The summed E-state index contributed by atoms with van der Waals surface area (Å²) in [5.41, 5.74) is -0.779. The normalized spacial score (nSPS) is 11.2. The van der Waals surface area contributed by atoms with E-state index in [0.29, 0.717) is 17.5 Å². The fourth-order valence-corrected chi connectivity index (χ4v) is 3.43. The molecule has 0 saturated carbocycles. The van der Waals surface area contributed by atoms with Gasteiger partial charge in [0.05, 0.1) is 20.3 Å². The summed E-state index contributed by atoms with van der Waals surface area (Å²) in [6.07, 6.45) is -0.706. The van der Waals surface area contributed by atoms with Crippen molar-refractivity contribution in [3.63, 3.8) is 0 Å². The van der Waals surface area contributed by atoms with Crippen LogP contribution >= 0.6 is 11.6 Å². The van der Waals surface area contributed by atoms with Crippen LogP contribution in [0.2, 0.25) is 0 Å². The van der Waals surface area contributed by atoms with Gasteiger partial charge in [-0.1, -0.05) is 19.9 Å². The number of carbonyl (C=O) groups is 3. The van der Waals surface area contributed by atoms with E-state index in [4.69, 9.17) is 34.5 Å². The Kier molecular flexibility index (Phi) is 13.1. The molecule has 1 aromatic rings. The number of benzene rings is 1. The van der Waals surface area contributed by atoms with Gasteiger partial charge in [0.25, 0.3) is 0 Å². The van der Waals surface area contributed by atoms with Crippen molar-refractivity contribution < 1.29 is 50.5 Å². The zero-order valence-electron chi connectivity index (χ0n) is 19.3. The van der Waals surface area contributed by atoms with E-state index in [1.54, 1.807) is 13.8 Å². The van der Waals surface area contributed by atoms with E-state index in [9.17, 15) is 22.8 Å². The Labute approximate surface area is 202 Å². The van der Waals surface area contributed by atoms with Crippen LogP contribution in [0, 0.1) is 5.41 Å². The minimum Gasteiger partial charge on any atom is -0.467 e. The van der Waals surface area contributed by atoms with Gasteiger partial charge < -0.3 is 28.8 Å². The number of esters is 1. The number of ether oxygens (including phenoxy) is 3. The van der Waals surface area contributed by atoms with Crippen LogP contribution in [-0.2, 0) is 46.6 Å². The molecule has 204 valence electrons. The van der Waals surface area contributed by atoms with E-state index >= 15 is 0 Å². The van der Waals surface area contributed by atoms with Crippen LogP contribution < -0.4 is 9.50 Å². The van der Waals surface area contributed by atoms with Crippen molar-refractivity contribution in [3.8, 4) is 5.75 Å². The fraction of sp³-hybridized carbons (Fsp3) is 0.550. The molecular weight excluding hydrogens is 755 g/mol.